The zero-order valence-electron chi connectivity index (χ0n) is 12.3. The number of rotatable bonds is 4. The van der Waals surface area contributed by atoms with E-state index in [2.05, 4.69) is 36.7 Å². The number of hydrogen-bond donors (Lipinski definition) is 2. The number of nitrogens with zero attached hydrogens (tertiary/aromatic N) is 2. The maximum atomic E-state index is 13.5. The first-order valence-corrected chi connectivity index (χ1v) is 8.20. The molecule has 0 amide bonds. The third kappa shape index (κ3) is 4.15. The predicted octanol–water partition coefficient (Wildman–Crippen LogP) is 4.12. The number of nitrogens with one attached hydrogen (secondary N) is 2. The minimum atomic E-state index is -0.378. The van der Waals surface area contributed by atoms with Gasteiger partial charge in [0.05, 0.1) is 12.2 Å². The van der Waals surface area contributed by atoms with E-state index in [4.69, 9.17) is 16.7 Å². The summed E-state index contributed by atoms with van der Waals surface area (Å²) in [5, 5.41) is 9.87. The molecule has 0 aliphatic heterocycles. The maximum absolute atomic E-state index is 13.5. The number of para-hydroxylation sites is 1. The van der Waals surface area contributed by atoms with Gasteiger partial charge in [-0.25, -0.2) is 4.39 Å². The Morgan fingerprint density at radius 3 is 2.83 bits per heavy atom. The van der Waals surface area contributed by atoms with E-state index in [1.807, 2.05) is 24.3 Å². The number of aromatic nitrogens is 2. The molecule has 0 radical (unpaired) electrons. The van der Waals surface area contributed by atoms with Crippen LogP contribution in [0.3, 0.4) is 0 Å². The molecule has 24 heavy (non-hydrogen) atoms. The third-order valence-electron chi connectivity index (χ3n) is 3.07. The number of hydrogen-bond acceptors (Lipinski definition) is 4. The summed E-state index contributed by atoms with van der Waals surface area (Å²) < 4.78 is 19.7. The Balaban J connectivity index is 1.59. The van der Waals surface area contributed by atoms with Gasteiger partial charge in [-0.15, -0.1) is 0 Å². The second-order valence-electron chi connectivity index (χ2n) is 4.81. The molecule has 5 nitrogen and oxygen atoms in total. The van der Waals surface area contributed by atoms with Crippen molar-refractivity contribution >= 4 is 38.9 Å². The van der Waals surface area contributed by atoms with E-state index in [0.717, 1.165) is 10.0 Å². The zero-order valence-corrected chi connectivity index (χ0v) is 14.7. The van der Waals surface area contributed by atoms with Crippen molar-refractivity contribution in [3.8, 4) is 11.4 Å². The molecule has 8 heteroatoms. The lowest BCUT2D eigenvalue weighted by atomic mass is 10.2. The Kier molecular flexibility index (Phi) is 5.17. The Morgan fingerprint density at radius 2 is 2.04 bits per heavy atom. The van der Waals surface area contributed by atoms with E-state index >= 15 is 0 Å². The van der Waals surface area contributed by atoms with Crippen LogP contribution < -0.4 is 10.6 Å². The topological polar surface area (TPSA) is 63.0 Å². The first-order valence-electron chi connectivity index (χ1n) is 7.00. The normalized spacial score (nSPS) is 10.4. The molecular formula is C16H12BrFN4OS. The molecule has 2 N–H and O–H groups in total. The molecular weight excluding hydrogens is 395 g/mol. The molecule has 0 aliphatic rings. The monoisotopic (exact) mass is 406 g/mol. The van der Waals surface area contributed by atoms with E-state index < -0.39 is 0 Å². The second kappa shape index (κ2) is 7.50. The Hall–Kier alpha value is -2.32. The summed E-state index contributed by atoms with van der Waals surface area (Å²) in [4.78, 5) is 4.30. The third-order valence-corrected chi connectivity index (χ3v) is 3.81. The second-order valence-corrected chi connectivity index (χ2v) is 6.13. The lowest BCUT2D eigenvalue weighted by Crippen LogP contribution is -2.28. The van der Waals surface area contributed by atoms with Crippen molar-refractivity contribution in [3.63, 3.8) is 0 Å². The van der Waals surface area contributed by atoms with Crippen LogP contribution in [0.5, 0.6) is 0 Å². The molecule has 0 aliphatic carbocycles. The standard InChI is InChI=1S/C16H12BrFN4OS/c17-11-5-3-4-10(8-11)15-21-14(23-22-15)9-19-16(24)20-13-7-2-1-6-12(13)18/h1-8H,9H2,(H2,19,20,24). The Morgan fingerprint density at radius 1 is 1.21 bits per heavy atom. The summed E-state index contributed by atoms with van der Waals surface area (Å²) in [7, 11) is 0. The zero-order chi connectivity index (χ0) is 16.9. The van der Waals surface area contributed by atoms with Gasteiger partial charge >= 0.3 is 0 Å². The summed E-state index contributed by atoms with van der Waals surface area (Å²) >= 11 is 8.53. The summed E-state index contributed by atoms with van der Waals surface area (Å²) in [5.41, 5.74) is 1.14. The Labute approximate surface area is 151 Å². The van der Waals surface area contributed by atoms with Crippen LogP contribution in [-0.2, 0) is 6.54 Å². The summed E-state index contributed by atoms with van der Waals surface area (Å²) in [6.45, 7) is 0.237. The fraction of sp³-hybridized carbons (Fsp3) is 0.0625. The van der Waals surface area contributed by atoms with E-state index in [1.54, 1.807) is 18.2 Å². The molecule has 0 fully saturated rings. The maximum Gasteiger partial charge on any atom is 0.246 e. The van der Waals surface area contributed by atoms with Gasteiger partial charge in [0.2, 0.25) is 11.7 Å². The van der Waals surface area contributed by atoms with Gasteiger partial charge < -0.3 is 15.2 Å². The molecule has 0 saturated carbocycles. The molecule has 0 unspecified atom stereocenters. The lowest BCUT2D eigenvalue weighted by Gasteiger charge is -2.09. The molecule has 0 bridgehead atoms. The predicted molar refractivity (Wildman–Crippen MR) is 96.9 cm³/mol. The number of thiocarbonyl (C=S) groups is 1. The number of anilines is 1. The van der Waals surface area contributed by atoms with Gasteiger partial charge in [0.15, 0.2) is 5.11 Å². The molecule has 3 aromatic rings. The van der Waals surface area contributed by atoms with Crippen LogP contribution in [-0.4, -0.2) is 15.3 Å². The first-order chi connectivity index (χ1) is 11.6. The first kappa shape index (κ1) is 16.5. The van der Waals surface area contributed by atoms with Crippen molar-refractivity contribution in [2.75, 3.05) is 5.32 Å². The largest absolute Gasteiger partial charge is 0.353 e. The van der Waals surface area contributed by atoms with Crippen molar-refractivity contribution in [3.05, 3.63) is 64.7 Å². The minimum Gasteiger partial charge on any atom is -0.353 e. The SMILES string of the molecule is Fc1ccccc1NC(=S)NCc1nc(-c2cccc(Br)c2)no1. The van der Waals surface area contributed by atoms with Gasteiger partial charge in [0, 0.05) is 10.0 Å². The van der Waals surface area contributed by atoms with Gasteiger partial charge in [-0.05, 0) is 36.5 Å². The lowest BCUT2D eigenvalue weighted by molar-refractivity contribution is 0.376. The average Bonchev–Trinajstić information content (AvgIpc) is 3.04. The Bertz CT molecular complexity index is 871. The highest BCUT2D eigenvalue weighted by atomic mass is 79.9. The molecule has 2 aromatic carbocycles. The van der Waals surface area contributed by atoms with Crippen LogP contribution >= 0.6 is 28.1 Å². The molecule has 0 spiro atoms. The van der Waals surface area contributed by atoms with Crippen molar-refractivity contribution in [2.45, 2.75) is 6.54 Å². The van der Waals surface area contributed by atoms with Gasteiger partial charge in [-0.3, -0.25) is 0 Å². The van der Waals surface area contributed by atoms with E-state index in [9.17, 15) is 4.39 Å². The van der Waals surface area contributed by atoms with E-state index in [0.29, 0.717) is 17.4 Å². The minimum absolute atomic E-state index is 0.237. The summed E-state index contributed by atoms with van der Waals surface area (Å²) in [6.07, 6.45) is 0. The molecule has 0 saturated heterocycles. The van der Waals surface area contributed by atoms with Crippen LogP contribution in [0.15, 0.2) is 57.5 Å². The van der Waals surface area contributed by atoms with Gasteiger partial charge in [-0.1, -0.05) is 45.4 Å². The molecule has 1 heterocycles. The fourth-order valence-corrected chi connectivity index (χ4v) is 2.54. The smallest absolute Gasteiger partial charge is 0.246 e. The van der Waals surface area contributed by atoms with Crippen molar-refractivity contribution in [1.82, 2.24) is 15.5 Å². The van der Waals surface area contributed by atoms with Crippen molar-refractivity contribution < 1.29 is 8.91 Å². The van der Waals surface area contributed by atoms with Crippen molar-refractivity contribution in [1.29, 1.82) is 0 Å². The highest BCUT2D eigenvalue weighted by Crippen LogP contribution is 2.20. The van der Waals surface area contributed by atoms with Crippen molar-refractivity contribution in [2.24, 2.45) is 0 Å². The summed E-state index contributed by atoms with van der Waals surface area (Å²) in [5.74, 6) is 0.486. The highest BCUT2D eigenvalue weighted by Gasteiger charge is 2.10. The van der Waals surface area contributed by atoms with Crippen LogP contribution in [0.25, 0.3) is 11.4 Å². The average molecular weight is 407 g/mol. The van der Waals surface area contributed by atoms with Crippen LogP contribution in [0, 0.1) is 5.82 Å². The van der Waals surface area contributed by atoms with E-state index in [-0.39, 0.29) is 17.5 Å². The molecule has 122 valence electrons. The van der Waals surface area contributed by atoms with E-state index in [1.165, 1.54) is 6.07 Å². The molecule has 0 atom stereocenters. The quantitative estimate of drug-likeness (QED) is 0.635. The van der Waals surface area contributed by atoms with Crippen LogP contribution in [0.2, 0.25) is 0 Å². The number of benzene rings is 2. The molecule has 3 rings (SSSR count). The van der Waals surface area contributed by atoms with Gasteiger partial charge in [0.25, 0.3) is 0 Å². The highest BCUT2D eigenvalue weighted by molar-refractivity contribution is 9.10. The van der Waals surface area contributed by atoms with Gasteiger partial charge in [0.1, 0.15) is 5.82 Å². The van der Waals surface area contributed by atoms with Crippen LogP contribution in [0.4, 0.5) is 10.1 Å². The summed E-state index contributed by atoms with van der Waals surface area (Å²) in [6, 6.07) is 13.9. The fourth-order valence-electron chi connectivity index (χ4n) is 1.96. The number of halogens is 2. The van der Waals surface area contributed by atoms with Crippen LogP contribution in [0.1, 0.15) is 5.89 Å². The van der Waals surface area contributed by atoms with Gasteiger partial charge in [-0.2, -0.15) is 4.98 Å². The molecule has 1 aromatic heterocycles.